The molecule has 0 heterocycles. The summed E-state index contributed by atoms with van der Waals surface area (Å²) in [4.78, 5) is 29.3. The van der Waals surface area contributed by atoms with Crippen molar-refractivity contribution in [3.05, 3.63) is 113 Å². The number of carbonyl (C=O) groups is 2. The van der Waals surface area contributed by atoms with Crippen LogP contribution in [0.2, 0.25) is 0 Å². The minimum atomic E-state index is -3.99. The molecule has 42 heavy (non-hydrogen) atoms. The predicted molar refractivity (Wildman–Crippen MR) is 170 cm³/mol. The molecule has 0 bridgehead atoms. The zero-order chi connectivity index (χ0) is 30.3. The quantitative estimate of drug-likeness (QED) is 0.211. The van der Waals surface area contributed by atoms with Crippen LogP contribution in [0.3, 0.4) is 0 Å². The fraction of sp³-hybridized carbons (Fsp3) is 0.273. The van der Waals surface area contributed by atoms with Crippen LogP contribution in [0.4, 0.5) is 0 Å². The number of likely N-dealkylation sites (N-methyl/N-ethyl adjacent to an activating group) is 1. The first-order valence-corrected chi connectivity index (χ1v) is 16.1. The largest absolute Gasteiger partial charge is 0.352 e. The Morgan fingerprint density at radius 3 is 2.17 bits per heavy atom. The van der Waals surface area contributed by atoms with Gasteiger partial charge in [0, 0.05) is 30.5 Å². The molecule has 0 aromatic heterocycles. The van der Waals surface area contributed by atoms with Gasteiger partial charge in [0.2, 0.25) is 21.8 Å². The smallest absolute Gasteiger partial charge is 0.243 e. The van der Waals surface area contributed by atoms with E-state index in [-0.39, 0.29) is 29.8 Å². The molecule has 4 aromatic rings. The number of hydrogen-bond acceptors (Lipinski definition) is 4. The monoisotopic (exact) mass is 649 g/mol. The van der Waals surface area contributed by atoms with Gasteiger partial charge in [0.1, 0.15) is 6.04 Å². The van der Waals surface area contributed by atoms with Crippen molar-refractivity contribution in [1.29, 1.82) is 0 Å². The summed E-state index contributed by atoms with van der Waals surface area (Å²) in [5, 5.41) is 4.75. The molecular weight excluding hydrogens is 614 g/mol. The Bertz CT molecular complexity index is 1630. The van der Waals surface area contributed by atoms with Gasteiger partial charge in [-0.25, -0.2) is 8.42 Å². The molecule has 0 aliphatic heterocycles. The molecule has 0 aliphatic carbocycles. The zero-order valence-corrected chi connectivity index (χ0v) is 26.4. The van der Waals surface area contributed by atoms with Gasteiger partial charge >= 0.3 is 0 Å². The van der Waals surface area contributed by atoms with E-state index in [1.54, 1.807) is 18.2 Å². The van der Waals surface area contributed by atoms with Gasteiger partial charge in [0.05, 0.1) is 11.4 Å². The summed E-state index contributed by atoms with van der Waals surface area (Å²) in [6.45, 7) is 3.62. The van der Waals surface area contributed by atoms with Crippen LogP contribution in [0.15, 0.2) is 106 Å². The average molecular weight is 651 g/mol. The highest BCUT2D eigenvalue weighted by atomic mass is 79.9. The van der Waals surface area contributed by atoms with Crippen molar-refractivity contribution in [3.8, 4) is 0 Å². The van der Waals surface area contributed by atoms with Crippen molar-refractivity contribution < 1.29 is 18.0 Å². The summed E-state index contributed by atoms with van der Waals surface area (Å²) < 4.78 is 29.1. The number of nitrogens with one attached hydrogen (secondary N) is 1. The molecule has 0 radical (unpaired) electrons. The van der Waals surface area contributed by atoms with Crippen LogP contribution in [0, 0.1) is 0 Å². The minimum absolute atomic E-state index is 0.0867. The lowest BCUT2D eigenvalue weighted by molar-refractivity contribution is -0.141. The second-order valence-corrected chi connectivity index (χ2v) is 13.4. The number of benzene rings is 4. The highest BCUT2D eigenvalue weighted by Crippen LogP contribution is 2.23. The van der Waals surface area contributed by atoms with Crippen LogP contribution in [-0.4, -0.2) is 55.1 Å². The maximum Gasteiger partial charge on any atom is 0.243 e. The first-order chi connectivity index (χ1) is 20.1. The summed E-state index contributed by atoms with van der Waals surface area (Å²) in [6, 6.07) is 28.5. The Labute approximate surface area is 256 Å². The van der Waals surface area contributed by atoms with E-state index in [1.807, 2.05) is 92.7 Å². The molecule has 0 spiro atoms. The van der Waals surface area contributed by atoms with Crippen molar-refractivity contribution in [2.75, 3.05) is 13.6 Å². The lowest BCUT2D eigenvalue weighted by atomic mass is 10.0. The summed E-state index contributed by atoms with van der Waals surface area (Å²) in [5.41, 5.74) is 1.72. The standard InChI is InChI=1S/C33H36BrN3O4S/c1-4-24(2)35-33(39)31(20-25-10-6-5-7-11-25)37(22-26-14-17-29(34)18-15-26)32(38)23-36(3)42(40,41)30-19-16-27-12-8-9-13-28(27)21-30/h5-19,21,24,31H,4,20,22-23H2,1-3H3,(H,35,39)/t24-,31+/m0/s1. The van der Waals surface area contributed by atoms with Gasteiger partial charge in [-0.15, -0.1) is 0 Å². The number of carbonyl (C=O) groups excluding carboxylic acids is 2. The van der Waals surface area contributed by atoms with E-state index in [0.29, 0.717) is 0 Å². The van der Waals surface area contributed by atoms with Crippen LogP contribution in [0.1, 0.15) is 31.4 Å². The SMILES string of the molecule is CC[C@H](C)NC(=O)[C@@H](Cc1ccccc1)N(Cc1ccc(Br)cc1)C(=O)CN(C)S(=O)(=O)c1ccc2ccccc2c1. The molecule has 7 nitrogen and oxygen atoms in total. The topological polar surface area (TPSA) is 86.8 Å². The van der Waals surface area contributed by atoms with Gasteiger partial charge in [0.25, 0.3) is 0 Å². The molecule has 0 aliphatic rings. The average Bonchev–Trinajstić information content (AvgIpc) is 2.99. The molecule has 2 atom stereocenters. The summed E-state index contributed by atoms with van der Waals surface area (Å²) in [5.74, 6) is -0.747. The predicted octanol–water partition coefficient (Wildman–Crippen LogP) is 5.78. The molecule has 0 fully saturated rings. The Hall–Kier alpha value is -3.53. The molecule has 220 valence electrons. The zero-order valence-electron chi connectivity index (χ0n) is 24.0. The van der Waals surface area contributed by atoms with Crippen molar-refractivity contribution in [3.63, 3.8) is 0 Å². The molecule has 0 saturated carbocycles. The normalized spacial score (nSPS) is 13.1. The number of nitrogens with zero attached hydrogens (tertiary/aromatic N) is 2. The van der Waals surface area contributed by atoms with Crippen molar-refractivity contribution in [1.82, 2.24) is 14.5 Å². The van der Waals surface area contributed by atoms with Gasteiger partial charge in [-0.1, -0.05) is 95.7 Å². The van der Waals surface area contributed by atoms with Crippen LogP contribution in [0.5, 0.6) is 0 Å². The minimum Gasteiger partial charge on any atom is -0.352 e. The van der Waals surface area contributed by atoms with Gasteiger partial charge < -0.3 is 10.2 Å². The van der Waals surface area contributed by atoms with Crippen LogP contribution in [-0.2, 0) is 32.6 Å². The molecule has 0 saturated heterocycles. The third-order valence-electron chi connectivity index (χ3n) is 7.33. The lowest BCUT2D eigenvalue weighted by Gasteiger charge is -2.33. The molecule has 4 rings (SSSR count). The summed E-state index contributed by atoms with van der Waals surface area (Å²) in [6.07, 6.45) is 1.02. The van der Waals surface area contributed by atoms with E-state index in [9.17, 15) is 18.0 Å². The van der Waals surface area contributed by atoms with Crippen molar-refractivity contribution in [2.45, 2.75) is 50.2 Å². The van der Waals surface area contributed by atoms with Crippen LogP contribution < -0.4 is 5.32 Å². The lowest BCUT2D eigenvalue weighted by Crippen LogP contribution is -2.54. The number of fused-ring (bicyclic) bond motifs is 1. The fourth-order valence-electron chi connectivity index (χ4n) is 4.66. The molecule has 9 heteroatoms. The van der Waals surface area contributed by atoms with Gasteiger partial charge in [-0.2, -0.15) is 4.31 Å². The van der Waals surface area contributed by atoms with E-state index in [0.717, 1.165) is 37.1 Å². The highest BCUT2D eigenvalue weighted by molar-refractivity contribution is 9.10. The number of sulfonamides is 1. The molecule has 2 amide bonds. The number of hydrogen-bond donors (Lipinski definition) is 1. The number of amides is 2. The van der Waals surface area contributed by atoms with Crippen molar-refractivity contribution in [2.24, 2.45) is 0 Å². The molecule has 4 aromatic carbocycles. The Morgan fingerprint density at radius 1 is 0.857 bits per heavy atom. The third-order valence-corrected chi connectivity index (χ3v) is 9.65. The van der Waals surface area contributed by atoms with E-state index < -0.39 is 28.5 Å². The van der Waals surface area contributed by atoms with Crippen molar-refractivity contribution >= 4 is 48.5 Å². The Morgan fingerprint density at radius 2 is 1.50 bits per heavy atom. The maximum atomic E-state index is 14.0. The van der Waals surface area contributed by atoms with E-state index >= 15 is 0 Å². The van der Waals surface area contributed by atoms with E-state index in [2.05, 4.69) is 21.2 Å². The number of rotatable bonds is 12. The Kier molecular flexibility index (Phi) is 10.5. The summed E-state index contributed by atoms with van der Waals surface area (Å²) in [7, 11) is -2.59. The molecule has 1 N–H and O–H groups in total. The van der Waals surface area contributed by atoms with Crippen LogP contribution >= 0.6 is 15.9 Å². The number of halogens is 1. The second kappa shape index (κ2) is 14.1. The van der Waals surface area contributed by atoms with Gasteiger partial charge in [-0.3, -0.25) is 9.59 Å². The fourth-order valence-corrected chi connectivity index (χ4v) is 6.08. The molecule has 0 unspecified atom stereocenters. The first kappa shape index (κ1) is 31.4. The first-order valence-electron chi connectivity index (χ1n) is 13.9. The Balaban J connectivity index is 1.67. The van der Waals surface area contributed by atoms with Gasteiger partial charge in [-0.05, 0) is 59.5 Å². The van der Waals surface area contributed by atoms with Crippen LogP contribution in [0.25, 0.3) is 10.8 Å². The van der Waals surface area contributed by atoms with E-state index in [4.69, 9.17) is 0 Å². The summed E-state index contributed by atoms with van der Waals surface area (Å²) >= 11 is 3.45. The maximum absolute atomic E-state index is 14.0. The highest BCUT2D eigenvalue weighted by Gasteiger charge is 2.33. The second-order valence-electron chi connectivity index (χ2n) is 10.4. The molecular formula is C33H36BrN3O4S. The van der Waals surface area contributed by atoms with Gasteiger partial charge in [0.15, 0.2) is 0 Å². The third kappa shape index (κ3) is 7.85. The van der Waals surface area contributed by atoms with E-state index in [1.165, 1.54) is 11.9 Å².